The van der Waals surface area contributed by atoms with Crippen LogP contribution in [0.5, 0.6) is 0 Å². The Labute approximate surface area is 116 Å². The maximum Gasteiger partial charge on any atom is 0.271 e. The molecule has 0 bridgehead atoms. The predicted octanol–water partition coefficient (Wildman–Crippen LogP) is 2.74. The highest BCUT2D eigenvalue weighted by atomic mass is 16.6. The summed E-state index contributed by atoms with van der Waals surface area (Å²) in [5.74, 6) is 0. The van der Waals surface area contributed by atoms with Gasteiger partial charge in [-0.25, -0.2) is 0 Å². The Hall–Kier alpha value is -2.76. The van der Waals surface area contributed by atoms with Crippen LogP contribution in [0.25, 0.3) is 0 Å². The predicted molar refractivity (Wildman–Crippen MR) is 78.7 cm³/mol. The molecule has 102 valence electrons. The second kappa shape index (κ2) is 4.41. The van der Waals surface area contributed by atoms with E-state index >= 15 is 0 Å². The summed E-state index contributed by atoms with van der Waals surface area (Å²) in [7, 11) is 1.91. The highest BCUT2D eigenvalue weighted by molar-refractivity contribution is 5.78. The summed E-state index contributed by atoms with van der Waals surface area (Å²) in [5.41, 5.74) is 9.26. The van der Waals surface area contributed by atoms with Crippen LogP contribution in [0.2, 0.25) is 0 Å². The number of rotatable bonds is 2. The van der Waals surface area contributed by atoms with Crippen LogP contribution in [-0.4, -0.2) is 12.0 Å². The molecule has 0 amide bonds. The van der Waals surface area contributed by atoms with Gasteiger partial charge >= 0.3 is 0 Å². The van der Waals surface area contributed by atoms with Crippen LogP contribution in [0.15, 0.2) is 42.5 Å². The van der Waals surface area contributed by atoms with Crippen LogP contribution >= 0.6 is 0 Å². The molecule has 1 unspecified atom stereocenters. The normalized spacial score (nSPS) is 16.6. The van der Waals surface area contributed by atoms with Gasteiger partial charge in [0.05, 0.1) is 16.3 Å². The quantitative estimate of drug-likeness (QED) is 0.498. The molecule has 0 aromatic heterocycles. The molecule has 2 aromatic rings. The Morgan fingerprint density at radius 1 is 1.25 bits per heavy atom. The summed E-state index contributed by atoms with van der Waals surface area (Å²) in [6.07, 6.45) is -0.0485. The Morgan fingerprint density at radius 3 is 2.60 bits per heavy atom. The lowest BCUT2D eigenvalue weighted by molar-refractivity contribution is -0.384. The number of nitrogens with two attached hydrogens (primary N) is 1. The third-order valence-corrected chi connectivity index (χ3v) is 3.50. The van der Waals surface area contributed by atoms with Gasteiger partial charge in [0.25, 0.3) is 5.69 Å². The van der Waals surface area contributed by atoms with Crippen molar-refractivity contribution in [3.63, 3.8) is 0 Å². The minimum Gasteiger partial charge on any atom is -0.399 e. The SMILES string of the molecule is CN1c2cc([N+](=O)[O-])ccc2NC1c1ccc(N)cc1. The van der Waals surface area contributed by atoms with Crippen LogP contribution in [0.4, 0.5) is 22.7 Å². The van der Waals surface area contributed by atoms with E-state index in [-0.39, 0.29) is 16.8 Å². The smallest absolute Gasteiger partial charge is 0.271 e. The maximum atomic E-state index is 10.8. The van der Waals surface area contributed by atoms with Crippen LogP contribution < -0.4 is 16.0 Å². The lowest BCUT2D eigenvalue weighted by atomic mass is 10.1. The van der Waals surface area contributed by atoms with Gasteiger partial charge in [-0.05, 0) is 23.8 Å². The number of nitro groups is 1. The van der Waals surface area contributed by atoms with E-state index < -0.39 is 0 Å². The Kier molecular flexibility index (Phi) is 2.71. The first-order valence-corrected chi connectivity index (χ1v) is 6.19. The molecule has 2 aromatic carbocycles. The molecule has 6 nitrogen and oxygen atoms in total. The lowest BCUT2D eigenvalue weighted by Crippen LogP contribution is -2.23. The molecule has 1 heterocycles. The average molecular weight is 270 g/mol. The molecule has 0 saturated carbocycles. The third kappa shape index (κ3) is 1.91. The van der Waals surface area contributed by atoms with E-state index in [4.69, 9.17) is 5.73 Å². The van der Waals surface area contributed by atoms with Crippen molar-refractivity contribution in [2.24, 2.45) is 0 Å². The topological polar surface area (TPSA) is 84.4 Å². The largest absolute Gasteiger partial charge is 0.399 e. The van der Waals surface area contributed by atoms with Gasteiger partial charge in [0.15, 0.2) is 0 Å². The standard InChI is InChI=1S/C14H14N4O2/c1-17-13-8-11(18(19)20)6-7-12(13)16-14(17)9-2-4-10(15)5-3-9/h2-8,14,16H,15H2,1H3. The number of hydrogen-bond donors (Lipinski definition) is 2. The molecular formula is C14H14N4O2. The summed E-state index contributed by atoms with van der Waals surface area (Å²) in [4.78, 5) is 12.4. The van der Waals surface area contributed by atoms with Gasteiger partial charge in [0.2, 0.25) is 0 Å². The minimum absolute atomic E-state index is 0.0485. The number of nitrogen functional groups attached to an aromatic ring is 1. The fourth-order valence-electron chi connectivity index (χ4n) is 2.42. The van der Waals surface area contributed by atoms with E-state index in [1.807, 2.05) is 36.2 Å². The summed E-state index contributed by atoms with van der Waals surface area (Å²) in [5, 5.41) is 14.2. The van der Waals surface area contributed by atoms with E-state index in [1.165, 1.54) is 6.07 Å². The molecule has 0 spiro atoms. The maximum absolute atomic E-state index is 10.8. The van der Waals surface area contributed by atoms with Crippen LogP contribution in [0.1, 0.15) is 11.7 Å². The zero-order valence-corrected chi connectivity index (χ0v) is 10.9. The van der Waals surface area contributed by atoms with Crippen molar-refractivity contribution in [1.82, 2.24) is 0 Å². The number of nitrogens with zero attached hydrogens (tertiary/aromatic N) is 2. The molecule has 0 saturated heterocycles. The van der Waals surface area contributed by atoms with Gasteiger partial charge < -0.3 is 16.0 Å². The summed E-state index contributed by atoms with van der Waals surface area (Å²) >= 11 is 0. The Balaban J connectivity index is 1.96. The number of anilines is 3. The van der Waals surface area contributed by atoms with Crippen molar-refractivity contribution in [2.45, 2.75) is 6.17 Å². The Morgan fingerprint density at radius 2 is 1.95 bits per heavy atom. The van der Waals surface area contributed by atoms with Gasteiger partial charge in [-0.2, -0.15) is 0 Å². The molecule has 1 aliphatic rings. The fraction of sp³-hybridized carbons (Fsp3) is 0.143. The molecule has 0 radical (unpaired) electrons. The highest BCUT2D eigenvalue weighted by Gasteiger charge is 2.28. The van der Waals surface area contributed by atoms with Gasteiger partial charge in [-0.15, -0.1) is 0 Å². The van der Waals surface area contributed by atoms with E-state index in [1.54, 1.807) is 12.1 Å². The first-order chi connectivity index (χ1) is 9.56. The zero-order valence-electron chi connectivity index (χ0n) is 10.9. The van der Waals surface area contributed by atoms with E-state index in [2.05, 4.69) is 5.32 Å². The zero-order chi connectivity index (χ0) is 14.3. The van der Waals surface area contributed by atoms with Crippen LogP contribution in [-0.2, 0) is 0 Å². The first-order valence-electron chi connectivity index (χ1n) is 6.19. The van der Waals surface area contributed by atoms with Crippen molar-refractivity contribution >= 4 is 22.7 Å². The molecule has 0 aliphatic carbocycles. The summed E-state index contributed by atoms with van der Waals surface area (Å²) in [6, 6.07) is 12.4. The van der Waals surface area contributed by atoms with Crippen molar-refractivity contribution in [3.05, 3.63) is 58.1 Å². The number of non-ortho nitro benzene ring substituents is 1. The molecule has 3 N–H and O–H groups in total. The lowest BCUT2D eigenvalue weighted by Gasteiger charge is -2.22. The Bertz CT molecular complexity index is 669. The molecule has 1 aliphatic heterocycles. The molecule has 3 rings (SSSR count). The minimum atomic E-state index is -0.384. The van der Waals surface area contributed by atoms with Crippen molar-refractivity contribution in [2.75, 3.05) is 23.0 Å². The number of fused-ring (bicyclic) bond motifs is 1. The van der Waals surface area contributed by atoms with Crippen molar-refractivity contribution < 1.29 is 4.92 Å². The van der Waals surface area contributed by atoms with Crippen LogP contribution in [0, 0.1) is 10.1 Å². The highest BCUT2D eigenvalue weighted by Crippen LogP contribution is 2.41. The van der Waals surface area contributed by atoms with Gasteiger partial charge in [0.1, 0.15) is 6.17 Å². The number of nitro benzene ring substituents is 1. The number of benzene rings is 2. The van der Waals surface area contributed by atoms with Gasteiger partial charge in [0, 0.05) is 24.9 Å². The van der Waals surface area contributed by atoms with E-state index in [0.717, 1.165) is 16.9 Å². The molecule has 0 fully saturated rings. The second-order valence-electron chi connectivity index (χ2n) is 4.78. The summed E-state index contributed by atoms with van der Waals surface area (Å²) in [6.45, 7) is 0. The molecule has 20 heavy (non-hydrogen) atoms. The van der Waals surface area contributed by atoms with Crippen LogP contribution in [0.3, 0.4) is 0 Å². The van der Waals surface area contributed by atoms with Gasteiger partial charge in [-0.3, -0.25) is 10.1 Å². The van der Waals surface area contributed by atoms with Gasteiger partial charge in [-0.1, -0.05) is 12.1 Å². The second-order valence-corrected chi connectivity index (χ2v) is 4.78. The molecular weight excluding hydrogens is 256 g/mol. The fourth-order valence-corrected chi connectivity index (χ4v) is 2.42. The monoisotopic (exact) mass is 270 g/mol. The average Bonchev–Trinajstić information content (AvgIpc) is 2.76. The molecule has 1 atom stereocenters. The van der Waals surface area contributed by atoms with E-state index in [0.29, 0.717) is 5.69 Å². The molecule has 6 heteroatoms. The van der Waals surface area contributed by atoms with Crippen molar-refractivity contribution in [3.8, 4) is 0 Å². The first kappa shape index (κ1) is 12.3. The summed E-state index contributed by atoms with van der Waals surface area (Å²) < 4.78 is 0. The number of hydrogen-bond acceptors (Lipinski definition) is 5. The third-order valence-electron chi connectivity index (χ3n) is 3.50. The number of nitrogens with one attached hydrogen (secondary N) is 1. The van der Waals surface area contributed by atoms with E-state index in [9.17, 15) is 10.1 Å². The van der Waals surface area contributed by atoms with Crippen molar-refractivity contribution in [1.29, 1.82) is 0 Å².